The Morgan fingerprint density at radius 1 is 1.28 bits per heavy atom. The van der Waals surface area contributed by atoms with Crippen molar-refractivity contribution in [3.8, 4) is 11.3 Å². The Labute approximate surface area is 150 Å². The van der Waals surface area contributed by atoms with Crippen LogP contribution in [-0.2, 0) is 14.3 Å². The number of hydrogen-bond acceptors (Lipinski definition) is 5. The predicted octanol–water partition coefficient (Wildman–Crippen LogP) is 2.19. The summed E-state index contributed by atoms with van der Waals surface area (Å²) < 4.78 is 5.26. The largest absolute Gasteiger partial charge is 0.378 e. The lowest BCUT2D eigenvalue weighted by molar-refractivity contribution is -0.134. The van der Waals surface area contributed by atoms with Gasteiger partial charge >= 0.3 is 0 Å². The Hall–Kier alpha value is -2.51. The molecule has 2 amide bonds. The third-order valence-electron chi connectivity index (χ3n) is 3.89. The maximum Gasteiger partial charge on any atom is 0.252 e. The van der Waals surface area contributed by atoms with E-state index in [1.165, 1.54) is 22.3 Å². The maximum atomic E-state index is 12.5. The van der Waals surface area contributed by atoms with Crippen LogP contribution < -0.4 is 4.90 Å². The van der Waals surface area contributed by atoms with Gasteiger partial charge in [-0.25, -0.2) is 4.98 Å². The first-order valence-corrected chi connectivity index (χ1v) is 8.87. The monoisotopic (exact) mass is 357 g/mol. The Kier molecular flexibility index (Phi) is 5.57. The van der Waals surface area contributed by atoms with Crippen molar-refractivity contribution in [1.82, 2.24) is 9.88 Å². The van der Waals surface area contributed by atoms with Crippen molar-refractivity contribution >= 4 is 28.3 Å². The maximum absolute atomic E-state index is 12.5. The van der Waals surface area contributed by atoms with Crippen LogP contribution in [0.2, 0.25) is 0 Å². The molecule has 0 unspecified atom stereocenters. The number of carbonyl (C=O) groups is 2. The van der Waals surface area contributed by atoms with Gasteiger partial charge in [0.05, 0.1) is 18.9 Å². The molecule has 0 atom stereocenters. The third-order valence-corrected chi connectivity index (χ3v) is 4.75. The van der Waals surface area contributed by atoms with E-state index >= 15 is 0 Å². The lowest BCUT2D eigenvalue weighted by Gasteiger charge is -2.28. The van der Waals surface area contributed by atoms with E-state index in [1.807, 2.05) is 35.7 Å². The molecule has 7 heteroatoms. The van der Waals surface area contributed by atoms with Crippen molar-refractivity contribution in [2.45, 2.75) is 0 Å². The van der Waals surface area contributed by atoms with Crippen LogP contribution in [0.25, 0.3) is 11.3 Å². The van der Waals surface area contributed by atoms with E-state index in [-0.39, 0.29) is 18.4 Å². The average Bonchev–Trinajstić information content (AvgIpc) is 3.16. The van der Waals surface area contributed by atoms with Gasteiger partial charge in [0.15, 0.2) is 5.13 Å². The highest BCUT2D eigenvalue weighted by atomic mass is 32.1. The molecule has 1 aliphatic heterocycles. The number of aromatic nitrogens is 1. The highest BCUT2D eigenvalue weighted by Gasteiger charge is 2.24. The zero-order chi connectivity index (χ0) is 17.6. The highest BCUT2D eigenvalue weighted by molar-refractivity contribution is 7.14. The fourth-order valence-corrected chi connectivity index (χ4v) is 3.37. The average molecular weight is 357 g/mol. The van der Waals surface area contributed by atoms with E-state index in [0.29, 0.717) is 31.4 Å². The molecule has 1 fully saturated rings. The molecule has 0 bridgehead atoms. The fraction of sp³-hybridized carbons (Fsp3) is 0.278. The number of nitrogens with zero attached hydrogens (tertiary/aromatic N) is 3. The van der Waals surface area contributed by atoms with Crippen LogP contribution >= 0.6 is 11.3 Å². The number of hydrogen-bond donors (Lipinski definition) is 0. The molecule has 130 valence electrons. The summed E-state index contributed by atoms with van der Waals surface area (Å²) in [6, 6.07) is 9.71. The first-order valence-electron chi connectivity index (χ1n) is 7.99. The van der Waals surface area contributed by atoms with Crippen molar-refractivity contribution in [3.63, 3.8) is 0 Å². The van der Waals surface area contributed by atoms with E-state index in [2.05, 4.69) is 11.6 Å². The number of anilines is 1. The van der Waals surface area contributed by atoms with E-state index in [0.717, 1.165) is 11.3 Å². The Balaban J connectivity index is 1.79. The summed E-state index contributed by atoms with van der Waals surface area (Å²) in [5, 5.41) is 2.37. The van der Waals surface area contributed by atoms with E-state index in [9.17, 15) is 9.59 Å². The summed E-state index contributed by atoms with van der Waals surface area (Å²) in [5.74, 6) is -0.453. The molecule has 0 saturated carbocycles. The number of benzene rings is 1. The molecule has 2 heterocycles. The molecule has 0 radical (unpaired) electrons. The van der Waals surface area contributed by atoms with E-state index in [1.54, 1.807) is 4.90 Å². The molecule has 0 aliphatic carbocycles. The molecule has 25 heavy (non-hydrogen) atoms. The van der Waals surface area contributed by atoms with Gasteiger partial charge in [-0.15, -0.1) is 11.3 Å². The number of ether oxygens (including phenoxy) is 1. The number of morpholine rings is 1. The van der Waals surface area contributed by atoms with Gasteiger partial charge < -0.3 is 9.64 Å². The van der Waals surface area contributed by atoms with E-state index in [4.69, 9.17) is 4.74 Å². The Morgan fingerprint density at radius 2 is 2.00 bits per heavy atom. The molecule has 0 spiro atoms. The highest BCUT2D eigenvalue weighted by Crippen LogP contribution is 2.27. The van der Waals surface area contributed by atoms with Crippen molar-refractivity contribution in [2.75, 3.05) is 37.7 Å². The standard InChI is InChI=1S/C18H19N3O3S/c1-2-16(22)21(12-17(23)20-8-10-24-11-9-20)18-19-15(13-25-18)14-6-4-3-5-7-14/h2-7,13H,1,8-12H2. The van der Waals surface area contributed by atoms with Gasteiger partial charge in [-0.05, 0) is 6.08 Å². The lowest BCUT2D eigenvalue weighted by atomic mass is 10.2. The molecule has 6 nitrogen and oxygen atoms in total. The topological polar surface area (TPSA) is 62.7 Å². The van der Waals surface area contributed by atoms with Gasteiger partial charge in [0.2, 0.25) is 5.91 Å². The minimum atomic E-state index is -0.337. The van der Waals surface area contributed by atoms with Crippen LogP contribution in [0.5, 0.6) is 0 Å². The predicted molar refractivity (Wildman–Crippen MR) is 97.5 cm³/mol. The second kappa shape index (κ2) is 8.04. The molecular weight excluding hydrogens is 338 g/mol. The quantitative estimate of drug-likeness (QED) is 0.770. The van der Waals surface area contributed by atoms with Gasteiger partial charge in [-0.3, -0.25) is 14.5 Å². The minimum absolute atomic E-state index is 0.0490. The Morgan fingerprint density at radius 3 is 2.68 bits per heavy atom. The summed E-state index contributed by atoms with van der Waals surface area (Å²) in [4.78, 5) is 32.4. The summed E-state index contributed by atoms with van der Waals surface area (Å²) in [5.41, 5.74) is 1.75. The number of carbonyl (C=O) groups excluding carboxylic acids is 2. The lowest BCUT2D eigenvalue weighted by Crippen LogP contribution is -2.47. The smallest absolute Gasteiger partial charge is 0.252 e. The van der Waals surface area contributed by atoms with Gasteiger partial charge in [-0.1, -0.05) is 36.9 Å². The molecular formula is C18H19N3O3S. The second-order valence-electron chi connectivity index (χ2n) is 5.50. The molecule has 2 aromatic rings. The minimum Gasteiger partial charge on any atom is -0.378 e. The van der Waals surface area contributed by atoms with Gasteiger partial charge in [0.25, 0.3) is 5.91 Å². The summed E-state index contributed by atoms with van der Waals surface area (Å²) >= 11 is 1.34. The van der Waals surface area contributed by atoms with Crippen LogP contribution in [-0.4, -0.2) is 54.5 Å². The van der Waals surface area contributed by atoms with Gasteiger partial charge in [0.1, 0.15) is 6.54 Å². The normalized spacial score (nSPS) is 14.2. The summed E-state index contributed by atoms with van der Waals surface area (Å²) in [6.07, 6.45) is 1.20. The van der Waals surface area contributed by atoms with Gasteiger partial charge in [-0.2, -0.15) is 0 Å². The van der Waals surface area contributed by atoms with E-state index < -0.39 is 0 Å². The molecule has 0 N–H and O–H groups in total. The third kappa shape index (κ3) is 4.12. The van der Waals surface area contributed by atoms with Crippen molar-refractivity contribution in [2.24, 2.45) is 0 Å². The summed E-state index contributed by atoms with van der Waals surface area (Å²) in [6.45, 7) is 5.62. The van der Waals surface area contributed by atoms with Crippen molar-refractivity contribution in [1.29, 1.82) is 0 Å². The van der Waals surface area contributed by atoms with Crippen molar-refractivity contribution < 1.29 is 14.3 Å². The van der Waals surface area contributed by atoms with Gasteiger partial charge in [0, 0.05) is 24.0 Å². The molecule has 1 aromatic heterocycles. The van der Waals surface area contributed by atoms with Crippen LogP contribution in [0, 0.1) is 0 Å². The SMILES string of the molecule is C=CC(=O)N(CC(=O)N1CCOCC1)c1nc(-c2ccccc2)cs1. The number of thiazole rings is 1. The Bertz CT molecular complexity index is 754. The first kappa shape index (κ1) is 17.3. The first-order chi connectivity index (χ1) is 12.2. The van der Waals surface area contributed by atoms with Crippen LogP contribution in [0.3, 0.4) is 0 Å². The number of rotatable bonds is 5. The number of amides is 2. The second-order valence-corrected chi connectivity index (χ2v) is 6.34. The van der Waals surface area contributed by atoms with Crippen molar-refractivity contribution in [3.05, 3.63) is 48.4 Å². The van der Waals surface area contributed by atoms with Crippen LogP contribution in [0.4, 0.5) is 5.13 Å². The zero-order valence-electron chi connectivity index (χ0n) is 13.8. The fourth-order valence-electron chi connectivity index (χ4n) is 2.53. The van der Waals surface area contributed by atoms with Crippen LogP contribution in [0.15, 0.2) is 48.4 Å². The summed E-state index contributed by atoms with van der Waals surface area (Å²) in [7, 11) is 0. The zero-order valence-corrected chi connectivity index (χ0v) is 14.6. The molecule has 1 aliphatic rings. The molecule has 1 saturated heterocycles. The van der Waals surface area contributed by atoms with Crippen LogP contribution in [0.1, 0.15) is 0 Å². The molecule has 1 aromatic carbocycles. The molecule has 3 rings (SSSR count).